The fourth-order valence-corrected chi connectivity index (χ4v) is 2.61. The van der Waals surface area contributed by atoms with E-state index in [0.29, 0.717) is 16.7 Å². The van der Waals surface area contributed by atoms with Crippen LogP contribution in [0.4, 0.5) is 0 Å². The molecule has 3 aromatic rings. The summed E-state index contributed by atoms with van der Waals surface area (Å²) >= 11 is 1.44. The zero-order valence-electron chi connectivity index (χ0n) is 11.5. The molecule has 0 atom stereocenters. The van der Waals surface area contributed by atoms with Crippen molar-refractivity contribution in [3.8, 4) is 22.2 Å². The van der Waals surface area contributed by atoms with E-state index in [1.807, 2.05) is 37.3 Å². The maximum Gasteiger partial charge on any atom is 0.360 e. The van der Waals surface area contributed by atoms with E-state index in [0.717, 1.165) is 10.4 Å². The molecule has 1 aromatic carbocycles. The molecule has 3 rings (SSSR count). The number of carbonyl (C=O) groups is 1. The molecule has 0 amide bonds. The highest BCUT2D eigenvalue weighted by Gasteiger charge is 2.24. The van der Waals surface area contributed by atoms with E-state index in [1.165, 1.54) is 18.4 Å². The fraction of sp³-hybridized carbons (Fsp3) is 0.133. The Bertz CT molecular complexity index is 777. The Hall–Kier alpha value is -2.47. The van der Waals surface area contributed by atoms with Gasteiger partial charge in [-0.3, -0.25) is 0 Å². The van der Waals surface area contributed by atoms with Gasteiger partial charge in [0.1, 0.15) is 0 Å². The van der Waals surface area contributed by atoms with E-state index < -0.39 is 5.97 Å². The first-order valence-electron chi connectivity index (χ1n) is 6.26. The molecule has 0 saturated heterocycles. The third-order valence-corrected chi connectivity index (χ3v) is 3.75. The molecule has 0 aliphatic heterocycles. The molecular formula is C15H12N2O3S. The molecule has 0 saturated carbocycles. The largest absolute Gasteiger partial charge is 0.464 e. The van der Waals surface area contributed by atoms with Crippen LogP contribution in [0.25, 0.3) is 22.2 Å². The van der Waals surface area contributed by atoms with Crippen molar-refractivity contribution in [3.05, 3.63) is 47.1 Å². The summed E-state index contributed by atoms with van der Waals surface area (Å²) in [4.78, 5) is 21.4. The molecule has 0 aliphatic rings. The van der Waals surface area contributed by atoms with Crippen LogP contribution < -0.4 is 0 Å². The summed E-state index contributed by atoms with van der Waals surface area (Å²) in [6.45, 7) is 1.94. The maximum absolute atomic E-state index is 11.9. The molecule has 0 spiro atoms. The van der Waals surface area contributed by atoms with Crippen LogP contribution in [-0.4, -0.2) is 23.0 Å². The second-order valence-corrected chi connectivity index (χ2v) is 5.57. The lowest BCUT2D eigenvalue weighted by Gasteiger charge is -1.94. The normalized spacial score (nSPS) is 10.6. The second kappa shape index (κ2) is 5.49. The fourth-order valence-electron chi connectivity index (χ4n) is 1.86. The van der Waals surface area contributed by atoms with Crippen LogP contribution in [0, 0.1) is 6.92 Å². The zero-order valence-corrected chi connectivity index (χ0v) is 12.3. The summed E-state index contributed by atoms with van der Waals surface area (Å²) in [5.41, 5.74) is 0.938. The average Bonchev–Trinajstić information content (AvgIpc) is 3.13. The van der Waals surface area contributed by atoms with Crippen LogP contribution in [-0.2, 0) is 4.74 Å². The van der Waals surface area contributed by atoms with Gasteiger partial charge in [-0.1, -0.05) is 18.2 Å². The van der Waals surface area contributed by atoms with Gasteiger partial charge in [-0.25, -0.2) is 14.8 Å². The molecule has 2 aromatic heterocycles. The van der Waals surface area contributed by atoms with Crippen molar-refractivity contribution in [3.63, 3.8) is 0 Å². The van der Waals surface area contributed by atoms with Crippen molar-refractivity contribution >= 4 is 17.3 Å². The highest BCUT2D eigenvalue weighted by atomic mass is 32.1. The van der Waals surface area contributed by atoms with E-state index >= 15 is 0 Å². The lowest BCUT2D eigenvalue weighted by molar-refractivity contribution is 0.0595. The Balaban J connectivity index is 2.14. The van der Waals surface area contributed by atoms with Gasteiger partial charge in [-0.2, -0.15) is 0 Å². The molecule has 6 heteroatoms. The molecule has 0 radical (unpaired) electrons. The van der Waals surface area contributed by atoms with E-state index in [9.17, 15) is 4.79 Å². The number of methoxy groups -OCH3 is 1. The number of ether oxygens (including phenoxy) is 1. The molecule has 0 N–H and O–H groups in total. The predicted octanol–water partition coefficient (Wildman–Crippen LogP) is 3.56. The number of thiazole rings is 1. The van der Waals surface area contributed by atoms with Crippen molar-refractivity contribution < 1.29 is 13.9 Å². The molecular weight excluding hydrogens is 288 g/mol. The SMILES string of the molecule is COC(=O)c1nc(-c2ccccc2)oc1-c1ncc(C)s1. The lowest BCUT2D eigenvalue weighted by Crippen LogP contribution is -2.03. The second-order valence-electron chi connectivity index (χ2n) is 4.33. The van der Waals surface area contributed by atoms with E-state index in [4.69, 9.17) is 9.15 Å². The maximum atomic E-state index is 11.9. The number of aryl methyl sites for hydroxylation is 1. The highest BCUT2D eigenvalue weighted by Crippen LogP contribution is 2.32. The minimum absolute atomic E-state index is 0.144. The van der Waals surface area contributed by atoms with Gasteiger partial charge in [-0.05, 0) is 19.1 Å². The molecule has 0 aliphatic carbocycles. The monoisotopic (exact) mass is 300 g/mol. The topological polar surface area (TPSA) is 65.2 Å². The van der Waals surface area contributed by atoms with Crippen LogP contribution in [0.15, 0.2) is 40.9 Å². The van der Waals surface area contributed by atoms with Crippen molar-refractivity contribution in [1.29, 1.82) is 0 Å². The number of esters is 1. The van der Waals surface area contributed by atoms with Crippen molar-refractivity contribution in [1.82, 2.24) is 9.97 Å². The Morgan fingerprint density at radius 2 is 2.05 bits per heavy atom. The van der Waals surface area contributed by atoms with Gasteiger partial charge in [0.05, 0.1) is 7.11 Å². The smallest absolute Gasteiger partial charge is 0.360 e. The predicted molar refractivity (Wildman–Crippen MR) is 79.1 cm³/mol. The molecule has 2 heterocycles. The lowest BCUT2D eigenvalue weighted by atomic mass is 10.2. The summed E-state index contributed by atoms with van der Waals surface area (Å²) in [7, 11) is 1.32. The van der Waals surface area contributed by atoms with Gasteiger partial charge in [0.15, 0.2) is 16.5 Å². The van der Waals surface area contributed by atoms with Crippen LogP contribution in [0.5, 0.6) is 0 Å². The number of oxazole rings is 1. The number of carbonyl (C=O) groups excluding carboxylic acids is 1. The van der Waals surface area contributed by atoms with E-state index in [2.05, 4.69) is 9.97 Å². The van der Waals surface area contributed by atoms with Gasteiger partial charge in [0, 0.05) is 16.6 Å². The summed E-state index contributed by atoms with van der Waals surface area (Å²) in [6, 6.07) is 9.39. The Labute approximate surface area is 125 Å². The van der Waals surface area contributed by atoms with Gasteiger partial charge < -0.3 is 9.15 Å². The van der Waals surface area contributed by atoms with Crippen LogP contribution >= 0.6 is 11.3 Å². The molecule has 0 unspecified atom stereocenters. The van der Waals surface area contributed by atoms with Crippen LogP contribution in [0.1, 0.15) is 15.4 Å². The Kier molecular flexibility index (Phi) is 3.53. The first-order chi connectivity index (χ1) is 10.2. The number of rotatable bonds is 3. The van der Waals surface area contributed by atoms with E-state index in [1.54, 1.807) is 6.20 Å². The quantitative estimate of drug-likeness (QED) is 0.692. The highest BCUT2D eigenvalue weighted by molar-refractivity contribution is 7.14. The van der Waals surface area contributed by atoms with Crippen LogP contribution in [0.2, 0.25) is 0 Å². The minimum Gasteiger partial charge on any atom is -0.464 e. The summed E-state index contributed by atoms with van der Waals surface area (Å²) < 4.78 is 10.5. The third kappa shape index (κ3) is 2.57. The molecule has 21 heavy (non-hydrogen) atoms. The summed E-state index contributed by atoms with van der Waals surface area (Å²) in [6.07, 6.45) is 1.73. The van der Waals surface area contributed by atoms with Crippen molar-refractivity contribution in [2.75, 3.05) is 7.11 Å². The average molecular weight is 300 g/mol. The minimum atomic E-state index is -0.538. The number of aromatic nitrogens is 2. The number of benzene rings is 1. The Morgan fingerprint density at radius 3 is 2.67 bits per heavy atom. The summed E-state index contributed by atoms with van der Waals surface area (Å²) in [5.74, 6) is 0.182. The number of hydrogen-bond donors (Lipinski definition) is 0. The summed E-state index contributed by atoms with van der Waals surface area (Å²) in [5, 5.41) is 0.614. The Morgan fingerprint density at radius 1 is 1.29 bits per heavy atom. The molecule has 106 valence electrons. The third-order valence-electron chi connectivity index (χ3n) is 2.84. The molecule has 0 bridgehead atoms. The molecule has 0 fully saturated rings. The first kappa shape index (κ1) is 13.5. The van der Waals surface area contributed by atoms with Crippen LogP contribution in [0.3, 0.4) is 0 Å². The standard InChI is InChI=1S/C15H12N2O3S/c1-9-8-16-14(21-9)12-11(15(18)19-2)17-13(20-12)10-6-4-3-5-7-10/h3-8H,1-2H3. The van der Waals surface area contributed by atoms with E-state index in [-0.39, 0.29) is 5.69 Å². The van der Waals surface area contributed by atoms with Crippen molar-refractivity contribution in [2.45, 2.75) is 6.92 Å². The number of nitrogens with zero attached hydrogens (tertiary/aromatic N) is 2. The first-order valence-corrected chi connectivity index (χ1v) is 7.08. The zero-order chi connectivity index (χ0) is 14.8. The van der Waals surface area contributed by atoms with Gasteiger partial charge >= 0.3 is 5.97 Å². The number of hydrogen-bond acceptors (Lipinski definition) is 6. The molecule has 5 nitrogen and oxygen atoms in total. The van der Waals surface area contributed by atoms with Gasteiger partial charge in [-0.15, -0.1) is 11.3 Å². The van der Waals surface area contributed by atoms with Gasteiger partial charge in [0.25, 0.3) is 0 Å². The van der Waals surface area contributed by atoms with Gasteiger partial charge in [0.2, 0.25) is 5.89 Å². The van der Waals surface area contributed by atoms with Crippen molar-refractivity contribution in [2.24, 2.45) is 0 Å².